The van der Waals surface area contributed by atoms with Crippen LogP contribution in [0.15, 0.2) is 30.3 Å². The van der Waals surface area contributed by atoms with Gasteiger partial charge in [0.2, 0.25) is 0 Å². The molecular weight excluding hydrogens is 254 g/mol. The molecule has 110 valence electrons. The predicted molar refractivity (Wildman–Crippen MR) is 87.9 cm³/mol. The van der Waals surface area contributed by atoms with Crippen LogP contribution >= 0.6 is 11.6 Å². The van der Waals surface area contributed by atoms with Gasteiger partial charge in [0.1, 0.15) is 0 Å². The van der Waals surface area contributed by atoms with Gasteiger partial charge >= 0.3 is 0 Å². The Morgan fingerprint density at radius 2 is 1.74 bits per heavy atom. The first-order chi connectivity index (χ1) is 9.26. The van der Waals surface area contributed by atoms with Crippen LogP contribution in [0.4, 0.5) is 0 Å². The van der Waals surface area contributed by atoms with Gasteiger partial charge in [0.05, 0.1) is 0 Å². The third-order valence-corrected chi connectivity index (χ3v) is 3.45. The smallest absolute Gasteiger partial charge is 0.0351 e. The van der Waals surface area contributed by atoms with E-state index in [0.29, 0.717) is 5.88 Å². The van der Waals surface area contributed by atoms with Gasteiger partial charge in [-0.15, -0.1) is 11.6 Å². The Balaban J connectivity index is 0.00000154. The lowest BCUT2D eigenvalue weighted by Crippen LogP contribution is -2.27. The number of alkyl halides is 1. The van der Waals surface area contributed by atoms with Gasteiger partial charge in [-0.3, -0.25) is 4.90 Å². The molecular formula is C17H30ClN. The van der Waals surface area contributed by atoms with Crippen LogP contribution in [0.3, 0.4) is 0 Å². The molecule has 0 aliphatic carbocycles. The molecule has 0 spiro atoms. The van der Waals surface area contributed by atoms with Gasteiger partial charge < -0.3 is 0 Å². The lowest BCUT2D eigenvalue weighted by Gasteiger charge is -2.22. The Hall–Kier alpha value is -0.530. The maximum Gasteiger partial charge on any atom is 0.0351 e. The Bertz CT molecular complexity index is 287. The van der Waals surface area contributed by atoms with Crippen molar-refractivity contribution in [2.75, 3.05) is 19.0 Å². The molecule has 0 saturated heterocycles. The van der Waals surface area contributed by atoms with Crippen molar-refractivity contribution in [3.05, 3.63) is 35.9 Å². The van der Waals surface area contributed by atoms with Gasteiger partial charge in [-0.1, -0.05) is 64.4 Å². The second kappa shape index (κ2) is 12.5. The summed E-state index contributed by atoms with van der Waals surface area (Å²) in [5.41, 5.74) is 1.38. The van der Waals surface area contributed by atoms with Gasteiger partial charge in [-0.25, -0.2) is 0 Å². The van der Waals surface area contributed by atoms with Gasteiger partial charge in [0.15, 0.2) is 0 Å². The predicted octanol–water partition coefficient (Wildman–Crippen LogP) is 5.19. The zero-order valence-electron chi connectivity index (χ0n) is 13.0. The molecule has 1 nitrogen and oxygen atoms in total. The normalized spacial score (nSPS) is 11.9. The fraction of sp³-hybridized carbons (Fsp3) is 0.647. The van der Waals surface area contributed by atoms with Crippen molar-refractivity contribution in [2.24, 2.45) is 5.92 Å². The zero-order valence-corrected chi connectivity index (χ0v) is 13.8. The van der Waals surface area contributed by atoms with Gasteiger partial charge in [-0.2, -0.15) is 0 Å². The number of halogens is 1. The maximum atomic E-state index is 5.87. The lowest BCUT2D eigenvalue weighted by molar-refractivity contribution is 0.259. The van der Waals surface area contributed by atoms with Crippen LogP contribution in [-0.2, 0) is 6.54 Å². The minimum absolute atomic E-state index is 0.716. The van der Waals surface area contributed by atoms with Crippen LogP contribution in [-0.4, -0.2) is 23.9 Å². The highest BCUT2D eigenvalue weighted by Gasteiger charge is 2.07. The number of benzene rings is 1. The molecule has 0 radical (unpaired) electrons. The minimum atomic E-state index is 0.716. The highest BCUT2D eigenvalue weighted by Crippen LogP contribution is 2.10. The SMILES string of the molecule is CC.CCC(C)CCN(CCCl)Cc1ccccc1. The molecule has 0 aromatic heterocycles. The van der Waals surface area contributed by atoms with Crippen LogP contribution in [0.25, 0.3) is 0 Å². The summed E-state index contributed by atoms with van der Waals surface area (Å²) in [6, 6.07) is 10.6. The Morgan fingerprint density at radius 3 is 2.26 bits per heavy atom. The molecule has 19 heavy (non-hydrogen) atoms. The van der Waals surface area contributed by atoms with Gasteiger partial charge in [0.25, 0.3) is 0 Å². The molecule has 0 aliphatic rings. The summed E-state index contributed by atoms with van der Waals surface area (Å²) in [6.07, 6.45) is 2.53. The van der Waals surface area contributed by atoms with E-state index < -0.39 is 0 Å². The monoisotopic (exact) mass is 283 g/mol. The van der Waals surface area contributed by atoms with E-state index in [2.05, 4.69) is 49.1 Å². The summed E-state index contributed by atoms with van der Waals surface area (Å²) < 4.78 is 0. The van der Waals surface area contributed by atoms with Crippen molar-refractivity contribution >= 4 is 11.6 Å². The highest BCUT2D eigenvalue weighted by atomic mass is 35.5. The molecule has 2 heteroatoms. The fourth-order valence-corrected chi connectivity index (χ4v) is 2.08. The summed E-state index contributed by atoms with van der Waals surface area (Å²) in [4.78, 5) is 2.45. The summed E-state index contributed by atoms with van der Waals surface area (Å²) >= 11 is 5.87. The summed E-state index contributed by atoms with van der Waals surface area (Å²) in [5.74, 6) is 1.52. The van der Waals surface area contributed by atoms with Crippen molar-refractivity contribution in [2.45, 2.75) is 47.1 Å². The van der Waals surface area contributed by atoms with Crippen molar-refractivity contribution in [3.63, 3.8) is 0 Å². The molecule has 0 saturated carbocycles. The van der Waals surface area contributed by atoms with Crippen molar-refractivity contribution in [1.82, 2.24) is 4.90 Å². The van der Waals surface area contributed by atoms with Crippen molar-refractivity contribution in [1.29, 1.82) is 0 Å². The van der Waals surface area contributed by atoms with Crippen LogP contribution in [0.1, 0.15) is 46.1 Å². The molecule has 1 aromatic carbocycles. The third kappa shape index (κ3) is 9.07. The highest BCUT2D eigenvalue weighted by molar-refractivity contribution is 6.18. The van der Waals surface area contributed by atoms with E-state index in [1.165, 1.54) is 18.4 Å². The Labute approximate surface area is 125 Å². The standard InChI is InChI=1S/C15H24ClN.C2H6/c1-3-14(2)9-11-17(12-10-16)13-15-7-5-4-6-8-15;1-2/h4-8,14H,3,9-13H2,1-2H3;1-2H3. The average molecular weight is 284 g/mol. The molecule has 1 aromatic rings. The first kappa shape index (κ1) is 18.5. The summed E-state index contributed by atoms with van der Waals surface area (Å²) in [7, 11) is 0. The number of hydrogen-bond acceptors (Lipinski definition) is 1. The molecule has 0 fully saturated rings. The Morgan fingerprint density at radius 1 is 1.11 bits per heavy atom. The molecule has 0 bridgehead atoms. The van der Waals surface area contributed by atoms with E-state index in [0.717, 1.165) is 25.6 Å². The Kier molecular flexibility index (Phi) is 12.2. The lowest BCUT2D eigenvalue weighted by atomic mass is 10.0. The van der Waals surface area contributed by atoms with E-state index in [-0.39, 0.29) is 0 Å². The van der Waals surface area contributed by atoms with E-state index in [1.54, 1.807) is 0 Å². The maximum absolute atomic E-state index is 5.87. The molecule has 0 amide bonds. The molecule has 1 rings (SSSR count). The zero-order chi connectivity index (χ0) is 14.5. The molecule has 1 unspecified atom stereocenters. The second-order valence-corrected chi connectivity index (χ2v) is 5.13. The average Bonchev–Trinajstić information content (AvgIpc) is 2.48. The molecule has 1 atom stereocenters. The molecule has 0 aliphatic heterocycles. The second-order valence-electron chi connectivity index (χ2n) is 4.75. The van der Waals surface area contributed by atoms with Gasteiger partial charge in [-0.05, 0) is 24.4 Å². The van der Waals surface area contributed by atoms with E-state index in [4.69, 9.17) is 11.6 Å². The number of nitrogens with zero attached hydrogens (tertiary/aromatic N) is 1. The third-order valence-electron chi connectivity index (χ3n) is 3.28. The van der Waals surface area contributed by atoms with Crippen LogP contribution in [0.5, 0.6) is 0 Å². The van der Waals surface area contributed by atoms with Gasteiger partial charge in [0, 0.05) is 19.0 Å². The van der Waals surface area contributed by atoms with Crippen LogP contribution < -0.4 is 0 Å². The van der Waals surface area contributed by atoms with E-state index in [9.17, 15) is 0 Å². The quantitative estimate of drug-likeness (QED) is 0.594. The summed E-state index contributed by atoms with van der Waals surface area (Å²) in [6.45, 7) is 11.7. The fourth-order valence-electron chi connectivity index (χ4n) is 1.84. The van der Waals surface area contributed by atoms with Crippen LogP contribution in [0.2, 0.25) is 0 Å². The van der Waals surface area contributed by atoms with Crippen LogP contribution in [0, 0.1) is 5.92 Å². The van der Waals surface area contributed by atoms with Crippen molar-refractivity contribution in [3.8, 4) is 0 Å². The first-order valence-electron chi connectivity index (χ1n) is 7.58. The first-order valence-corrected chi connectivity index (χ1v) is 8.12. The van der Waals surface area contributed by atoms with E-state index >= 15 is 0 Å². The topological polar surface area (TPSA) is 3.24 Å². The minimum Gasteiger partial charge on any atom is -0.298 e. The van der Waals surface area contributed by atoms with Crippen molar-refractivity contribution < 1.29 is 0 Å². The molecule has 0 N–H and O–H groups in total. The largest absolute Gasteiger partial charge is 0.298 e. The number of rotatable bonds is 8. The number of hydrogen-bond donors (Lipinski definition) is 0. The van der Waals surface area contributed by atoms with E-state index in [1.807, 2.05) is 13.8 Å². The molecule has 0 heterocycles. The summed E-state index contributed by atoms with van der Waals surface area (Å²) in [5, 5.41) is 0.